The predicted octanol–water partition coefficient (Wildman–Crippen LogP) is 1.51. The second-order valence-electron chi connectivity index (χ2n) is 6.57. The molecule has 2 aliphatic heterocycles. The Bertz CT molecular complexity index is 526. The highest BCUT2D eigenvalue weighted by Gasteiger charge is 2.30. The summed E-state index contributed by atoms with van der Waals surface area (Å²) in [6.07, 6.45) is 3.72. The van der Waals surface area contributed by atoms with Gasteiger partial charge in [-0.2, -0.15) is 5.10 Å². The Labute approximate surface area is 125 Å². The Kier molecular flexibility index (Phi) is 3.97. The number of fused-ring (bicyclic) bond motifs is 1. The van der Waals surface area contributed by atoms with Crippen molar-refractivity contribution in [1.82, 2.24) is 19.7 Å². The Morgan fingerprint density at radius 1 is 1.33 bits per heavy atom. The summed E-state index contributed by atoms with van der Waals surface area (Å²) in [6, 6.07) is 0.557. The number of carbonyl (C=O) groups is 1. The fraction of sp³-hybridized carbons (Fsp3) is 0.800. The van der Waals surface area contributed by atoms with Gasteiger partial charge in [0.25, 0.3) is 0 Å². The van der Waals surface area contributed by atoms with Crippen molar-refractivity contribution in [2.45, 2.75) is 58.0 Å². The molecular formula is C15H24N4O2. The van der Waals surface area contributed by atoms with Crippen LogP contribution in [0.2, 0.25) is 0 Å². The number of aromatic nitrogens is 3. The van der Waals surface area contributed by atoms with Gasteiger partial charge in [-0.1, -0.05) is 0 Å². The highest BCUT2D eigenvalue weighted by atomic mass is 16.4. The first kappa shape index (κ1) is 14.5. The van der Waals surface area contributed by atoms with Gasteiger partial charge in [-0.3, -0.25) is 4.79 Å². The largest absolute Gasteiger partial charge is 0.481 e. The maximum absolute atomic E-state index is 11.1. The van der Waals surface area contributed by atoms with Gasteiger partial charge in [-0.05, 0) is 39.7 Å². The Morgan fingerprint density at radius 3 is 2.86 bits per heavy atom. The molecule has 2 unspecified atom stereocenters. The maximum Gasteiger partial charge on any atom is 0.308 e. The molecule has 0 aliphatic carbocycles. The lowest BCUT2D eigenvalue weighted by atomic mass is 9.96. The molecule has 3 rings (SSSR count). The first-order valence-electron chi connectivity index (χ1n) is 7.95. The van der Waals surface area contributed by atoms with Crippen molar-refractivity contribution in [2.24, 2.45) is 5.92 Å². The van der Waals surface area contributed by atoms with Crippen LogP contribution < -0.4 is 0 Å². The number of nitrogens with zero attached hydrogens (tertiary/aromatic N) is 4. The summed E-state index contributed by atoms with van der Waals surface area (Å²) in [7, 11) is 0. The molecule has 0 bridgehead atoms. The SMILES string of the molecule is CC(C)N1CCCC(c2nc3n(n2)CC(C(=O)O)CC3)C1. The maximum atomic E-state index is 11.1. The molecule has 0 aromatic carbocycles. The van der Waals surface area contributed by atoms with E-state index < -0.39 is 5.97 Å². The van der Waals surface area contributed by atoms with Crippen molar-refractivity contribution in [3.05, 3.63) is 11.6 Å². The minimum Gasteiger partial charge on any atom is -0.481 e. The van der Waals surface area contributed by atoms with Crippen LogP contribution in [0.25, 0.3) is 0 Å². The summed E-state index contributed by atoms with van der Waals surface area (Å²) in [6.45, 7) is 7.10. The van der Waals surface area contributed by atoms with Crippen LogP contribution in [0, 0.1) is 5.92 Å². The highest BCUT2D eigenvalue weighted by molar-refractivity contribution is 5.70. The van der Waals surface area contributed by atoms with Crippen molar-refractivity contribution < 1.29 is 9.90 Å². The molecule has 21 heavy (non-hydrogen) atoms. The van der Waals surface area contributed by atoms with Crippen molar-refractivity contribution in [1.29, 1.82) is 0 Å². The fourth-order valence-corrected chi connectivity index (χ4v) is 3.39. The minimum atomic E-state index is -0.721. The number of carboxylic acids is 1. The van der Waals surface area contributed by atoms with E-state index in [1.807, 2.05) is 4.68 Å². The second kappa shape index (κ2) is 5.75. The summed E-state index contributed by atoms with van der Waals surface area (Å²) >= 11 is 0. The molecule has 6 heteroatoms. The number of hydrogen-bond acceptors (Lipinski definition) is 4. The molecule has 1 aromatic rings. The first-order chi connectivity index (χ1) is 10.0. The molecule has 1 aromatic heterocycles. The van der Waals surface area contributed by atoms with E-state index in [9.17, 15) is 4.79 Å². The molecule has 0 saturated carbocycles. The van der Waals surface area contributed by atoms with Crippen molar-refractivity contribution in [3.63, 3.8) is 0 Å². The summed E-state index contributed by atoms with van der Waals surface area (Å²) in [5.41, 5.74) is 0. The van der Waals surface area contributed by atoms with E-state index in [-0.39, 0.29) is 5.92 Å². The molecule has 0 radical (unpaired) electrons. The Balaban J connectivity index is 1.74. The van der Waals surface area contributed by atoms with Gasteiger partial charge in [0.1, 0.15) is 5.82 Å². The van der Waals surface area contributed by atoms with E-state index in [4.69, 9.17) is 10.1 Å². The smallest absolute Gasteiger partial charge is 0.308 e. The van der Waals surface area contributed by atoms with Gasteiger partial charge in [0.2, 0.25) is 0 Å². The van der Waals surface area contributed by atoms with E-state index in [1.54, 1.807) is 0 Å². The topological polar surface area (TPSA) is 71.2 Å². The zero-order valence-electron chi connectivity index (χ0n) is 12.8. The molecule has 116 valence electrons. The lowest BCUT2D eigenvalue weighted by Crippen LogP contribution is -2.39. The van der Waals surface area contributed by atoms with Crippen LogP contribution in [0.4, 0.5) is 0 Å². The number of aliphatic carboxylic acids is 1. The third-order valence-electron chi connectivity index (χ3n) is 4.77. The summed E-state index contributed by atoms with van der Waals surface area (Å²) in [4.78, 5) is 18.3. The molecule has 1 fully saturated rings. The molecule has 0 amide bonds. The zero-order valence-corrected chi connectivity index (χ0v) is 12.8. The van der Waals surface area contributed by atoms with Gasteiger partial charge in [0, 0.05) is 24.9 Å². The molecule has 1 saturated heterocycles. The van der Waals surface area contributed by atoms with Crippen molar-refractivity contribution >= 4 is 5.97 Å². The van der Waals surface area contributed by atoms with Gasteiger partial charge in [-0.15, -0.1) is 0 Å². The summed E-state index contributed by atoms with van der Waals surface area (Å²) in [5.74, 6) is 1.24. The van der Waals surface area contributed by atoms with Crippen LogP contribution >= 0.6 is 0 Å². The number of rotatable bonds is 3. The number of likely N-dealkylation sites (tertiary alicyclic amines) is 1. The predicted molar refractivity (Wildman–Crippen MR) is 78.2 cm³/mol. The molecule has 0 spiro atoms. The van der Waals surface area contributed by atoms with E-state index in [0.717, 1.165) is 37.6 Å². The first-order valence-corrected chi connectivity index (χ1v) is 7.95. The van der Waals surface area contributed by atoms with Gasteiger partial charge in [0.15, 0.2) is 5.82 Å². The average Bonchev–Trinajstić information content (AvgIpc) is 2.90. The van der Waals surface area contributed by atoms with Crippen LogP contribution in [0.3, 0.4) is 0 Å². The van der Waals surface area contributed by atoms with Crippen LogP contribution in [0.5, 0.6) is 0 Å². The molecule has 2 aliphatic rings. The van der Waals surface area contributed by atoms with E-state index in [0.29, 0.717) is 24.9 Å². The fourth-order valence-electron chi connectivity index (χ4n) is 3.39. The quantitative estimate of drug-likeness (QED) is 0.914. The summed E-state index contributed by atoms with van der Waals surface area (Å²) < 4.78 is 1.83. The number of carboxylic acid groups (broad SMARTS) is 1. The van der Waals surface area contributed by atoms with Gasteiger partial charge >= 0.3 is 5.97 Å². The Morgan fingerprint density at radius 2 is 2.14 bits per heavy atom. The zero-order chi connectivity index (χ0) is 15.0. The monoisotopic (exact) mass is 292 g/mol. The van der Waals surface area contributed by atoms with Crippen LogP contribution in [-0.2, 0) is 17.8 Å². The van der Waals surface area contributed by atoms with Crippen molar-refractivity contribution in [2.75, 3.05) is 13.1 Å². The van der Waals surface area contributed by atoms with Crippen molar-refractivity contribution in [3.8, 4) is 0 Å². The third kappa shape index (κ3) is 2.95. The third-order valence-corrected chi connectivity index (χ3v) is 4.77. The lowest BCUT2D eigenvalue weighted by Gasteiger charge is -2.34. The van der Waals surface area contributed by atoms with Crippen LogP contribution in [0.15, 0.2) is 0 Å². The minimum absolute atomic E-state index is 0.314. The number of piperidine rings is 1. The molecule has 2 atom stereocenters. The lowest BCUT2D eigenvalue weighted by molar-refractivity contribution is -0.142. The summed E-state index contributed by atoms with van der Waals surface area (Å²) in [5, 5.41) is 13.8. The van der Waals surface area contributed by atoms with E-state index >= 15 is 0 Å². The molecular weight excluding hydrogens is 268 g/mol. The van der Waals surface area contributed by atoms with Crippen LogP contribution in [-0.4, -0.2) is 49.9 Å². The highest BCUT2D eigenvalue weighted by Crippen LogP contribution is 2.27. The second-order valence-corrected chi connectivity index (χ2v) is 6.57. The van der Waals surface area contributed by atoms with E-state index in [1.165, 1.54) is 6.42 Å². The molecule has 3 heterocycles. The number of aryl methyl sites for hydroxylation is 1. The Hall–Kier alpha value is -1.43. The average molecular weight is 292 g/mol. The van der Waals surface area contributed by atoms with Gasteiger partial charge in [-0.25, -0.2) is 9.67 Å². The molecule has 6 nitrogen and oxygen atoms in total. The van der Waals surface area contributed by atoms with Gasteiger partial charge < -0.3 is 10.0 Å². The van der Waals surface area contributed by atoms with E-state index in [2.05, 4.69) is 23.8 Å². The normalized spacial score (nSPS) is 26.8. The molecule has 1 N–H and O–H groups in total. The standard InChI is InChI=1S/C15H24N4O2/c1-10(2)18-7-3-4-11(8-18)14-16-13-6-5-12(15(20)21)9-19(13)17-14/h10-12H,3-9H2,1-2H3,(H,20,21). The van der Waals surface area contributed by atoms with Gasteiger partial charge in [0.05, 0.1) is 12.5 Å². The van der Waals surface area contributed by atoms with Crippen LogP contribution in [0.1, 0.15) is 50.7 Å². The number of hydrogen-bond donors (Lipinski definition) is 1.